The van der Waals surface area contributed by atoms with Crippen LogP contribution in [0.4, 0.5) is 5.69 Å². The monoisotopic (exact) mass is 304 g/mol. The Kier molecular flexibility index (Phi) is 3.94. The number of nitriles is 1. The number of rotatable bonds is 2. The van der Waals surface area contributed by atoms with Crippen molar-refractivity contribution in [1.82, 2.24) is 0 Å². The lowest BCUT2D eigenvalue weighted by molar-refractivity contribution is -0.119. The summed E-state index contributed by atoms with van der Waals surface area (Å²) in [7, 11) is 0. The maximum atomic E-state index is 12.6. The molecule has 2 aromatic rings. The Morgan fingerprint density at radius 3 is 2.78 bits per heavy atom. The van der Waals surface area contributed by atoms with Crippen molar-refractivity contribution in [3.8, 4) is 6.07 Å². The summed E-state index contributed by atoms with van der Waals surface area (Å²) in [6.45, 7) is 1.87. The molecule has 0 radical (unpaired) electrons. The van der Waals surface area contributed by atoms with Crippen molar-refractivity contribution in [3.05, 3.63) is 64.7 Å². The van der Waals surface area contributed by atoms with Gasteiger partial charge in [-0.25, -0.2) is 0 Å². The van der Waals surface area contributed by atoms with Crippen LogP contribution in [-0.2, 0) is 11.2 Å². The molecule has 4 heteroatoms. The molecule has 0 unspecified atom stereocenters. The number of Topliss-reactive ketones (excluding diaryl/α,β-unsaturated/α-hetero) is 1. The molecule has 114 valence electrons. The predicted octanol–water partition coefficient (Wildman–Crippen LogP) is 3.25. The number of nitrogens with one attached hydrogen (secondary N) is 1. The number of ketones is 1. The molecule has 0 saturated heterocycles. The van der Waals surface area contributed by atoms with Crippen LogP contribution in [0.5, 0.6) is 0 Å². The maximum Gasteiger partial charge on any atom is 0.228 e. The van der Waals surface area contributed by atoms with Gasteiger partial charge in [0.2, 0.25) is 5.91 Å². The van der Waals surface area contributed by atoms with Crippen LogP contribution >= 0.6 is 0 Å². The molecule has 0 aliphatic carbocycles. The third-order valence-electron chi connectivity index (χ3n) is 4.15. The zero-order chi connectivity index (χ0) is 16.4. The molecule has 3 rings (SSSR count). The standard InChI is InChI=1S/C19H16N2O2/c1-12-4-2-7-16-18(12)17(22)10-15(19(23)21-16)9-13-5-3-6-14(8-13)11-20/h2-8,15H,9-10H2,1H3,(H,21,23)/t15-/m1/s1. The molecule has 1 heterocycles. The summed E-state index contributed by atoms with van der Waals surface area (Å²) in [5.74, 6) is -0.591. The number of hydrogen-bond acceptors (Lipinski definition) is 3. The number of amides is 1. The van der Waals surface area contributed by atoms with E-state index in [1.165, 1.54) is 0 Å². The summed E-state index contributed by atoms with van der Waals surface area (Å²) in [4.78, 5) is 25.0. The maximum absolute atomic E-state index is 12.6. The number of carbonyl (C=O) groups is 2. The van der Waals surface area contributed by atoms with Crippen molar-refractivity contribution in [1.29, 1.82) is 5.26 Å². The molecular formula is C19H16N2O2. The molecule has 2 aromatic carbocycles. The molecule has 0 bridgehead atoms. The molecule has 1 amide bonds. The highest BCUT2D eigenvalue weighted by molar-refractivity contribution is 6.10. The van der Waals surface area contributed by atoms with Crippen molar-refractivity contribution in [2.75, 3.05) is 5.32 Å². The average Bonchev–Trinajstić information content (AvgIpc) is 2.65. The number of hydrogen-bond donors (Lipinski definition) is 1. The Morgan fingerprint density at radius 1 is 1.22 bits per heavy atom. The molecule has 1 aliphatic rings. The van der Waals surface area contributed by atoms with Gasteiger partial charge in [-0.3, -0.25) is 9.59 Å². The number of anilines is 1. The second-order valence-corrected chi connectivity index (χ2v) is 5.83. The van der Waals surface area contributed by atoms with Crippen LogP contribution in [0.15, 0.2) is 42.5 Å². The largest absolute Gasteiger partial charge is 0.325 e. The average molecular weight is 304 g/mol. The SMILES string of the molecule is Cc1cccc2c1C(=O)C[C@@H](Cc1cccc(C#N)c1)C(=O)N2. The Morgan fingerprint density at radius 2 is 2.00 bits per heavy atom. The Bertz CT molecular complexity index is 834. The molecule has 1 N–H and O–H groups in total. The van der Waals surface area contributed by atoms with Crippen molar-refractivity contribution >= 4 is 17.4 Å². The van der Waals surface area contributed by atoms with Crippen molar-refractivity contribution < 1.29 is 9.59 Å². The van der Waals surface area contributed by atoms with Gasteiger partial charge in [-0.1, -0.05) is 24.3 Å². The molecule has 0 aromatic heterocycles. The highest BCUT2D eigenvalue weighted by Gasteiger charge is 2.29. The molecule has 1 aliphatic heterocycles. The first-order valence-electron chi connectivity index (χ1n) is 7.51. The van der Waals surface area contributed by atoms with E-state index in [1.54, 1.807) is 24.3 Å². The summed E-state index contributed by atoms with van der Waals surface area (Å²) in [5.41, 5.74) is 3.52. The van der Waals surface area contributed by atoms with Crippen LogP contribution in [0.3, 0.4) is 0 Å². The van der Waals surface area contributed by atoms with Gasteiger partial charge in [0.05, 0.1) is 17.3 Å². The molecule has 1 atom stereocenters. The second kappa shape index (κ2) is 6.05. The smallest absolute Gasteiger partial charge is 0.228 e. The lowest BCUT2D eigenvalue weighted by Gasteiger charge is -2.12. The number of nitrogens with zero attached hydrogens (tertiary/aromatic N) is 1. The van der Waals surface area contributed by atoms with Gasteiger partial charge in [-0.2, -0.15) is 5.26 Å². The number of carbonyl (C=O) groups excluding carboxylic acids is 2. The first-order chi connectivity index (χ1) is 11.1. The third-order valence-corrected chi connectivity index (χ3v) is 4.15. The first kappa shape index (κ1) is 15.0. The molecule has 0 spiro atoms. The highest BCUT2D eigenvalue weighted by atomic mass is 16.2. The highest BCUT2D eigenvalue weighted by Crippen LogP contribution is 2.28. The van der Waals surface area contributed by atoms with Gasteiger partial charge < -0.3 is 5.32 Å². The fourth-order valence-electron chi connectivity index (χ4n) is 3.01. The van der Waals surface area contributed by atoms with Crippen LogP contribution in [-0.4, -0.2) is 11.7 Å². The van der Waals surface area contributed by atoms with Crippen LogP contribution in [0.2, 0.25) is 0 Å². The minimum atomic E-state index is -0.428. The Hall–Kier alpha value is -2.93. The summed E-state index contributed by atoms with van der Waals surface area (Å²) in [6, 6.07) is 14.7. The van der Waals surface area contributed by atoms with Crippen molar-refractivity contribution in [2.45, 2.75) is 19.8 Å². The van der Waals surface area contributed by atoms with Gasteiger partial charge in [-0.15, -0.1) is 0 Å². The van der Waals surface area contributed by atoms with E-state index in [9.17, 15) is 9.59 Å². The molecule has 0 saturated carbocycles. The topological polar surface area (TPSA) is 70.0 Å². The van der Waals surface area contributed by atoms with E-state index in [0.717, 1.165) is 11.1 Å². The Balaban J connectivity index is 1.89. The fourth-order valence-corrected chi connectivity index (χ4v) is 3.01. The summed E-state index contributed by atoms with van der Waals surface area (Å²) < 4.78 is 0. The molecule has 0 fully saturated rings. The van der Waals surface area contributed by atoms with Crippen LogP contribution in [0, 0.1) is 24.2 Å². The van der Waals surface area contributed by atoms with E-state index in [1.807, 2.05) is 25.1 Å². The second-order valence-electron chi connectivity index (χ2n) is 5.83. The van der Waals surface area contributed by atoms with Gasteiger partial charge in [0.15, 0.2) is 5.78 Å². The van der Waals surface area contributed by atoms with Crippen molar-refractivity contribution in [2.24, 2.45) is 5.92 Å². The van der Waals surface area contributed by atoms with E-state index >= 15 is 0 Å². The van der Waals surface area contributed by atoms with Gasteiger partial charge in [0.25, 0.3) is 0 Å². The van der Waals surface area contributed by atoms with Gasteiger partial charge >= 0.3 is 0 Å². The van der Waals surface area contributed by atoms with E-state index < -0.39 is 5.92 Å². The normalized spacial score (nSPS) is 17.0. The lowest BCUT2D eigenvalue weighted by atomic mass is 9.91. The van der Waals surface area contributed by atoms with E-state index in [-0.39, 0.29) is 18.1 Å². The number of aryl methyl sites for hydroxylation is 1. The minimum absolute atomic E-state index is 0.0158. The third kappa shape index (κ3) is 3.00. The lowest BCUT2D eigenvalue weighted by Crippen LogP contribution is -2.24. The van der Waals surface area contributed by atoms with E-state index in [4.69, 9.17) is 5.26 Å². The number of benzene rings is 2. The van der Waals surface area contributed by atoms with Crippen LogP contribution in [0.25, 0.3) is 0 Å². The predicted molar refractivity (Wildman–Crippen MR) is 87.1 cm³/mol. The van der Waals surface area contributed by atoms with Gasteiger partial charge in [-0.05, 0) is 42.7 Å². The number of fused-ring (bicyclic) bond motifs is 1. The first-order valence-corrected chi connectivity index (χ1v) is 7.51. The van der Waals surface area contributed by atoms with Crippen molar-refractivity contribution in [3.63, 3.8) is 0 Å². The summed E-state index contributed by atoms with van der Waals surface area (Å²) in [5, 5.41) is 11.8. The fraction of sp³-hybridized carbons (Fsp3) is 0.211. The molecule has 23 heavy (non-hydrogen) atoms. The van der Waals surface area contributed by atoms with Crippen LogP contribution < -0.4 is 5.32 Å². The zero-order valence-corrected chi connectivity index (χ0v) is 12.8. The zero-order valence-electron chi connectivity index (χ0n) is 12.8. The molecule has 4 nitrogen and oxygen atoms in total. The van der Waals surface area contributed by atoms with E-state index in [0.29, 0.717) is 23.2 Å². The van der Waals surface area contributed by atoms with Gasteiger partial charge in [0, 0.05) is 17.9 Å². The van der Waals surface area contributed by atoms with Gasteiger partial charge in [0.1, 0.15) is 0 Å². The quantitative estimate of drug-likeness (QED) is 0.926. The van der Waals surface area contributed by atoms with Crippen LogP contribution in [0.1, 0.15) is 33.5 Å². The summed E-state index contributed by atoms with van der Waals surface area (Å²) in [6.07, 6.45) is 0.626. The summed E-state index contributed by atoms with van der Waals surface area (Å²) >= 11 is 0. The minimum Gasteiger partial charge on any atom is -0.325 e. The Labute approximate surface area is 134 Å². The molecular weight excluding hydrogens is 288 g/mol. The van der Waals surface area contributed by atoms with E-state index in [2.05, 4.69) is 11.4 Å².